The number of amides is 2. The Bertz CT molecular complexity index is 578. The Kier molecular flexibility index (Phi) is 6.64. The lowest BCUT2D eigenvalue weighted by Gasteiger charge is -2.30. The lowest BCUT2D eigenvalue weighted by molar-refractivity contribution is -0.130. The van der Waals surface area contributed by atoms with E-state index in [0.717, 1.165) is 49.3 Å². The van der Waals surface area contributed by atoms with Crippen LogP contribution in [0, 0.1) is 12.8 Å². The standard InChI is InChI=1S/C19H29N3O2/c1-4-6-18(23)21-17-8-5-7-16(15(17)3)20-13-19(24)22-11-9-14(2)10-12-22/h5,7-8,14,20H,4,6,9-13H2,1-3H3,(H,21,23). The zero-order valence-corrected chi connectivity index (χ0v) is 15.0. The second-order valence-electron chi connectivity index (χ2n) is 6.69. The highest BCUT2D eigenvalue weighted by Gasteiger charge is 2.20. The first-order valence-electron chi connectivity index (χ1n) is 8.92. The number of piperidine rings is 1. The van der Waals surface area contributed by atoms with Crippen LogP contribution in [0.25, 0.3) is 0 Å². The fourth-order valence-electron chi connectivity index (χ4n) is 2.94. The van der Waals surface area contributed by atoms with Crippen molar-refractivity contribution in [2.45, 2.75) is 46.5 Å². The molecule has 0 aromatic heterocycles. The number of nitrogens with zero attached hydrogens (tertiary/aromatic N) is 1. The molecule has 2 amide bonds. The highest BCUT2D eigenvalue weighted by Crippen LogP contribution is 2.23. The summed E-state index contributed by atoms with van der Waals surface area (Å²) in [6, 6.07) is 5.72. The maximum atomic E-state index is 12.3. The van der Waals surface area contributed by atoms with Crippen LogP contribution in [-0.4, -0.2) is 36.3 Å². The van der Waals surface area contributed by atoms with Gasteiger partial charge in [-0.3, -0.25) is 9.59 Å². The van der Waals surface area contributed by atoms with Crippen molar-refractivity contribution in [3.8, 4) is 0 Å². The molecule has 0 radical (unpaired) electrons. The third-order valence-corrected chi connectivity index (χ3v) is 4.65. The third-order valence-electron chi connectivity index (χ3n) is 4.65. The maximum absolute atomic E-state index is 12.3. The molecule has 1 aliphatic heterocycles. The molecular weight excluding hydrogens is 302 g/mol. The normalized spacial score (nSPS) is 15.2. The first-order valence-corrected chi connectivity index (χ1v) is 8.92. The van der Waals surface area contributed by atoms with Gasteiger partial charge in [0, 0.05) is 30.9 Å². The minimum absolute atomic E-state index is 0.0243. The predicted octanol–water partition coefficient (Wildman–Crippen LogP) is 3.40. The van der Waals surface area contributed by atoms with E-state index in [1.165, 1.54) is 0 Å². The van der Waals surface area contributed by atoms with Crippen LogP contribution >= 0.6 is 0 Å². The number of hydrogen-bond acceptors (Lipinski definition) is 3. The van der Waals surface area contributed by atoms with E-state index in [1.54, 1.807) is 0 Å². The van der Waals surface area contributed by atoms with E-state index < -0.39 is 0 Å². The maximum Gasteiger partial charge on any atom is 0.241 e. The molecule has 5 nitrogen and oxygen atoms in total. The highest BCUT2D eigenvalue weighted by atomic mass is 16.2. The largest absolute Gasteiger partial charge is 0.376 e. The van der Waals surface area contributed by atoms with Gasteiger partial charge in [-0.1, -0.05) is 19.9 Å². The molecule has 0 bridgehead atoms. The summed E-state index contributed by atoms with van der Waals surface area (Å²) in [7, 11) is 0. The van der Waals surface area contributed by atoms with Crippen molar-refractivity contribution in [3.05, 3.63) is 23.8 Å². The Hall–Kier alpha value is -2.04. The molecule has 1 saturated heterocycles. The monoisotopic (exact) mass is 331 g/mol. The van der Waals surface area contributed by atoms with Gasteiger partial charge in [-0.25, -0.2) is 0 Å². The van der Waals surface area contributed by atoms with Crippen LogP contribution in [0.5, 0.6) is 0 Å². The number of nitrogens with one attached hydrogen (secondary N) is 2. The molecule has 1 aromatic carbocycles. The summed E-state index contributed by atoms with van der Waals surface area (Å²) in [6.45, 7) is 8.18. The molecular formula is C19H29N3O2. The number of hydrogen-bond donors (Lipinski definition) is 2. The van der Waals surface area contributed by atoms with E-state index in [-0.39, 0.29) is 11.8 Å². The number of anilines is 2. The fraction of sp³-hybridized carbons (Fsp3) is 0.579. The highest BCUT2D eigenvalue weighted by molar-refractivity contribution is 5.92. The van der Waals surface area contributed by atoms with Crippen molar-refractivity contribution in [3.63, 3.8) is 0 Å². The summed E-state index contributed by atoms with van der Waals surface area (Å²) >= 11 is 0. The molecule has 0 unspecified atom stereocenters. The number of carbonyl (C=O) groups is 2. The van der Waals surface area contributed by atoms with Gasteiger partial charge < -0.3 is 15.5 Å². The summed E-state index contributed by atoms with van der Waals surface area (Å²) < 4.78 is 0. The number of rotatable bonds is 6. The van der Waals surface area contributed by atoms with E-state index in [1.807, 2.05) is 36.9 Å². The van der Waals surface area contributed by atoms with E-state index in [4.69, 9.17) is 0 Å². The van der Waals surface area contributed by atoms with Gasteiger partial charge in [-0.15, -0.1) is 0 Å². The average molecular weight is 331 g/mol. The van der Waals surface area contributed by atoms with Gasteiger partial charge in [0.25, 0.3) is 0 Å². The van der Waals surface area contributed by atoms with E-state index in [9.17, 15) is 9.59 Å². The van der Waals surface area contributed by atoms with Crippen LogP contribution in [0.3, 0.4) is 0 Å². The Labute approximate surface area is 144 Å². The van der Waals surface area contributed by atoms with Crippen molar-refractivity contribution >= 4 is 23.2 Å². The molecule has 2 rings (SSSR count). The molecule has 1 aromatic rings. The smallest absolute Gasteiger partial charge is 0.241 e. The van der Waals surface area contributed by atoms with Crippen LogP contribution in [0.1, 0.15) is 45.1 Å². The number of benzene rings is 1. The Morgan fingerprint density at radius 3 is 2.54 bits per heavy atom. The lowest BCUT2D eigenvalue weighted by Crippen LogP contribution is -2.41. The summed E-state index contributed by atoms with van der Waals surface area (Å²) in [5.41, 5.74) is 2.66. The minimum atomic E-state index is 0.0243. The van der Waals surface area contributed by atoms with Crippen molar-refractivity contribution in [1.82, 2.24) is 4.90 Å². The Morgan fingerprint density at radius 1 is 1.21 bits per heavy atom. The van der Waals surface area contributed by atoms with Crippen molar-refractivity contribution in [2.24, 2.45) is 5.92 Å². The molecule has 132 valence electrons. The molecule has 24 heavy (non-hydrogen) atoms. The van der Waals surface area contributed by atoms with Gasteiger partial charge in [0.2, 0.25) is 11.8 Å². The molecule has 2 N–H and O–H groups in total. The van der Waals surface area contributed by atoms with Gasteiger partial charge in [0.1, 0.15) is 0 Å². The minimum Gasteiger partial charge on any atom is -0.376 e. The quantitative estimate of drug-likeness (QED) is 0.840. The van der Waals surface area contributed by atoms with E-state index in [0.29, 0.717) is 18.9 Å². The van der Waals surface area contributed by atoms with Crippen LogP contribution in [0.4, 0.5) is 11.4 Å². The van der Waals surface area contributed by atoms with Crippen LogP contribution < -0.4 is 10.6 Å². The lowest BCUT2D eigenvalue weighted by atomic mass is 9.99. The van der Waals surface area contributed by atoms with Crippen molar-refractivity contribution in [2.75, 3.05) is 30.3 Å². The SMILES string of the molecule is CCCC(=O)Nc1cccc(NCC(=O)N2CCC(C)CC2)c1C. The third kappa shape index (κ3) is 4.98. The Morgan fingerprint density at radius 2 is 1.88 bits per heavy atom. The zero-order chi connectivity index (χ0) is 17.5. The molecule has 0 saturated carbocycles. The molecule has 5 heteroatoms. The van der Waals surface area contributed by atoms with Gasteiger partial charge >= 0.3 is 0 Å². The molecule has 1 aliphatic rings. The van der Waals surface area contributed by atoms with Gasteiger partial charge in [0.15, 0.2) is 0 Å². The van der Waals surface area contributed by atoms with E-state index >= 15 is 0 Å². The molecule has 0 aliphatic carbocycles. The Balaban J connectivity index is 1.92. The summed E-state index contributed by atoms with van der Waals surface area (Å²) in [6.07, 6.45) is 3.52. The molecule has 1 fully saturated rings. The first kappa shape index (κ1) is 18.3. The molecule has 1 heterocycles. The number of carbonyl (C=O) groups excluding carboxylic acids is 2. The van der Waals surface area contributed by atoms with E-state index in [2.05, 4.69) is 17.6 Å². The summed E-state index contributed by atoms with van der Waals surface area (Å²) in [4.78, 5) is 26.1. The second-order valence-corrected chi connectivity index (χ2v) is 6.69. The molecule has 0 spiro atoms. The molecule has 0 atom stereocenters. The zero-order valence-electron chi connectivity index (χ0n) is 15.0. The van der Waals surface area contributed by atoms with Crippen molar-refractivity contribution < 1.29 is 9.59 Å². The first-order chi connectivity index (χ1) is 11.5. The number of likely N-dealkylation sites (tertiary alicyclic amines) is 1. The average Bonchev–Trinajstić information content (AvgIpc) is 2.56. The fourth-order valence-corrected chi connectivity index (χ4v) is 2.94. The summed E-state index contributed by atoms with van der Waals surface area (Å²) in [5.74, 6) is 0.880. The van der Waals surface area contributed by atoms with Crippen molar-refractivity contribution in [1.29, 1.82) is 0 Å². The second kappa shape index (κ2) is 8.71. The topological polar surface area (TPSA) is 61.4 Å². The van der Waals surface area contributed by atoms with Gasteiger partial charge in [0.05, 0.1) is 6.54 Å². The predicted molar refractivity (Wildman–Crippen MR) is 98.2 cm³/mol. The van der Waals surface area contributed by atoms with Crippen LogP contribution in [0.2, 0.25) is 0 Å². The van der Waals surface area contributed by atoms with Crippen LogP contribution in [-0.2, 0) is 9.59 Å². The van der Waals surface area contributed by atoms with Gasteiger partial charge in [-0.05, 0) is 49.8 Å². The van der Waals surface area contributed by atoms with Gasteiger partial charge in [-0.2, -0.15) is 0 Å². The van der Waals surface area contributed by atoms with Crippen LogP contribution in [0.15, 0.2) is 18.2 Å². The summed E-state index contributed by atoms with van der Waals surface area (Å²) in [5, 5.41) is 6.16.